The van der Waals surface area contributed by atoms with Crippen LogP contribution in [0.25, 0.3) is 0 Å². The maximum absolute atomic E-state index is 14.3. The third-order valence-corrected chi connectivity index (χ3v) is 9.60. The molecule has 2 amide bonds. The lowest BCUT2D eigenvalue weighted by molar-refractivity contribution is -0.131. The predicted octanol–water partition coefficient (Wildman–Crippen LogP) is 7.08. The largest absolute Gasteiger partial charge is 0.457 e. The number of rotatable bonds is 5. The van der Waals surface area contributed by atoms with Gasteiger partial charge in [0.15, 0.2) is 9.84 Å². The van der Waals surface area contributed by atoms with Crippen molar-refractivity contribution in [3.05, 3.63) is 117 Å². The second-order valence-electron chi connectivity index (χ2n) is 10.4. The van der Waals surface area contributed by atoms with Gasteiger partial charge in [0.1, 0.15) is 16.9 Å². The average molecular weight is 642 g/mol. The average Bonchev–Trinajstić information content (AvgIpc) is 3.21. The fourth-order valence-corrected chi connectivity index (χ4v) is 7.17. The van der Waals surface area contributed by atoms with E-state index in [4.69, 9.17) is 39.5 Å². The van der Waals surface area contributed by atoms with Crippen molar-refractivity contribution in [2.24, 2.45) is 0 Å². The monoisotopic (exact) mass is 640 g/mol. The molecule has 4 aromatic carbocycles. The maximum atomic E-state index is 14.3. The number of halogens is 3. The lowest BCUT2D eigenvalue weighted by atomic mass is 9.59. The molecule has 0 saturated carbocycles. The Labute approximate surface area is 257 Å². The molecule has 3 atom stereocenters. The summed E-state index contributed by atoms with van der Waals surface area (Å²) in [5.41, 5.74) is 1.06. The number of carbonyl (C=O) groups is 2. The zero-order chi connectivity index (χ0) is 29.8. The molecule has 2 aliphatic heterocycles. The molecule has 0 aromatic heterocycles. The van der Waals surface area contributed by atoms with E-state index in [1.807, 2.05) is 6.07 Å². The minimum Gasteiger partial charge on any atom is -0.457 e. The van der Waals surface area contributed by atoms with Crippen molar-refractivity contribution in [1.29, 1.82) is 0 Å². The van der Waals surface area contributed by atoms with Gasteiger partial charge in [-0.25, -0.2) is 8.42 Å². The topological polar surface area (TPSA) is 102 Å². The fourth-order valence-electron chi connectivity index (χ4n) is 5.99. The Kier molecular flexibility index (Phi) is 7.22. The summed E-state index contributed by atoms with van der Waals surface area (Å²) >= 11 is 19.2. The summed E-state index contributed by atoms with van der Waals surface area (Å²) in [6, 6.07) is 22.3. The first-order chi connectivity index (χ1) is 20.0. The number of hydrogen-bond acceptors (Lipinski definition) is 5. The van der Waals surface area contributed by atoms with Crippen LogP contribution in [-0.2, 0) is 24.8 Å². The summed E-state index contributed by atoms with van der Waals surface area (Å²) in [5, 5.41) is 7.35. The number of sulfone groups is 1. The van der Waals surface area contributed by atoms with Crippen molar-refractivity contribution in [3.8, 4) is 11.5 Å². The van der Waals surface area contributed by atoms with E-state index in [9.17, 15) is 18.0 Å². The summed E-state index contributed by atoms with van der Waals surface area (Å²) < 4.78 is 30.1. The first kappa shape index (κ1) is 28.6. The van der Waals surface area contributed by atoms with E-state index in [0.717, 1.165) is 11.8 Å². The molecule has 1 saturated heterocycles. The zero-order valence-corrected chi connectivity index (χ0v) is 25.1. The van der Waals surface area contributed by atoms with Crippen LogP contribution in [0.5, 0.6) is 11.5 Å². The first-order valence-corrected chi connectivity index (χ1v) is 15.9. The smallest absolute Gasteiger partial charge is 0.238 e. The molecule has 2 N–H and O–H groups in total. The summed E-state index contributed by atoms with van der Waals surface area (Å²) in [5.74, 6) is -0.514. The van der Waals surface area contributed by atoms with Gasteiger partial charge in [-0.2, -0.15) is 0 Å². The van der Waals surface area contributed by atoms with E-state index in [1.54, 1.807) is 66.7 Å². The minimum atomic E-state index is -3.40. The van der Waals surface area contributed by atoms with Crippen LogP contribution in [0.2, 0.25) is 15.1 Å². The van der Waals surface area contributed by atoms with Crippen LogP contribution >= 0.6 is 34.8 Å². The summed E-state index contributed by atoms with van der Waals surface area (Å²) in [4.78, 5) is 27.8. The fraction of sp³-hybridized carbons (Fsp3) is 0.161. The van der Waals surface area contributed by atoms with Crippen LogP contribution in [0.1, 0.15) is 35.1 Å². The van der Waals surface area contributed by atoms with Gasteiger partial charge in [0.2, 0.25) is 11.8 Å². The number of ether oxygens (including phenoxy) is 1. The van der Waals surface area contributed by atoms with Gasteiger partial charge in [-0.1, -0.05) is 53.0 Å². The molecule has 6 rings (SSSR count). The Morgan fingerprint density at radius 1 is 0.857 bits per heavy atom. The Morgan fingerprint density at radius 3 is 2.26 bits per heavy atom. The van der Waals surface area contributed by atoms with Gasteiger partial charge in [-0.05, 0) is 77.9 Å². The quantitative estimate of drug-likeness (QED) is 0.243. The van der Waals surface area contributed by atoms with Gasteiger partial charge < -0.3 is 15.4 Å². The van der Waals surface area contributed by atoms with Gasteiger partial charge in [0.05, 0.1) is 10.9 Å². The van der Waals surface area contributed by atoms with Crippen molar-refractivity contribution in [1.82, 2.24) is 5.32 Å². The van der Waals surface area contributed by atoms with Gasteiger partial charge >= 0.3 is 0 Å². The summed E-state index contributed by atoms with van der Waals surface area (Å²) in [6.07, 6.45) is 1.15. The number of piperidine rings is 1. The Balaban J connectivity index is 1.56. The molecule has 11 heteroatoms. The second-order valence-corrected chi connectivity index (χ2v) is 13.7. The molecule has 0 radical (unpaired) electrons. The molecular weight excluding hydrogens is 619 g/mol. The van der Waals surface area contributed by atoms with E-state index in [-0.39, 0.29) is 23.1 Å². The molecule has 2 aliphatic rings. The lowest BCUT2D eigenvalue weighted by Gasteiger charge is -2.46. The highest BCUT2D eigenvalue weighted by Crippen LogP contribution is 2.58. The molecule has 0 bridgehead atoms. The zero-order valence-electron chi connectivity index (χ0n) is 22.0. The van der Waals surface area contributed by atoms with E-state index in [0.29, 0.717) is 43.4 Å². The van der Waals surface area contributed by atoms with Crippen LogP contribution in [0.4, 0.5) is 5.69 Å². The SMILES string of the molecule is CS(=O)(=O)c1ccc(Oc2ccc(Cl)cc2[C@H]2NC(=O)C[C@@H](c3cccc(Cl)c3)C23C(=O)Nc2cc(Cl)ccc23)cc1. The normalized spacial score (nSPS) is 21.5. The van der Waals surface area contributed by atoms with Crippen LogP contribution in [0.15, 0.2) is 89.8 Å². The van der Waals surface area contributed by atoms with Crippen LogP contribution in [0, 0.1) is 0 Å². The first-order valence-electron chi connectivity index (χ1n) is 12.9. The molecule has 214 valence electrons. The molecular formula is C31H23Cl3N2O5S. The number of hydrogen-bond donors (Lipinski definition) is 2. The Bertz CT molecular complexity index is 1860. The van der Waals surface area contributed by atoms with Gasteiger partial charge in [-0.3, -0.25) is 9.59 Å². The molecule has 1 spiro atoms. The molecule has 1 unspecified atom stereocenters. The van der Waals surface area contributed by atoms with Crippen LogP contribution in [-0.4, -0.2) is 26.5 Å². The van der Waals surface area contributed by atoms with Crippen molar-refractivity contribution < 1.29 is 22.7 Å². The Morgan fingerprint density at radius 2 is 1.55 bits per heavy atom. The highest BCUT2D eigenvalue weighted by Gasteiger charge is 2.61. The summed E-state index contributed by atoms with van der Waals surface area (Å²) in [7, 11) is -3.40. The molecule has 7 nitrogen and oxygen atoms in total. The van der Waals surface area contributed by atoms with E-state index >= 15 is 0 Å². The maximum Gasteiger partial charge on any atom is 0.238 e. The van der Waals surface area contributed by atoms with Crippen molar-refractivity contribution in [2.75, 3.05) is 11.6 Å². The second kappa shape index (κ2) is 10.6. The molecule has 1 fully saturated rings. The van der Waals surface area contributed by atoms with Crippen molar-refractivity contribution >= 4 is 62.1 Å². The molecule has 4 aromatic rings. The van der Waals surface area contributed by atoms with E-state index in [1.165, 1.54) is 12.1 Å². The number of nitrogens with one attached hydrogen (secondary N) is 2. The van der Waals surface area contributed by atoms with Gasteiger partial charge in [0.25, 0.3) is 0 Å². The predicted molar refractivity (Wildman–Crippen MR) is 163 cm³/mol. The molecule has 42 heavy (non-hydrogen) atoms. The highest BCUT2D eigenvalue weighted by molar-refractivity contribution is 7.90. The Hall–Kier alpha value is -3.56. The minimum absolute atomic E-state index is 0.0238. The van der Waals surface area contributed by atoms with E-state index < -0.39 is 27.2 Å². The number of amides is 2. The summed E-state index contributed by atoms with van der Waals surface area (Å²) in [6.45, 7) is 0. The highest BCUT2D eigenvalue weighted by atomic mass is 35.5. The van der Waals surface area contributed by atoms with E-state index in [2.05, 4.69) is 10.6 Å². The molecule has 2 heterocycles. The van der Waals surface area contributed by atoms with Crippen molar-refractivity contribution in [2.45, 2.75) is 28.7 Å². The number of carbonyl (C=O) groups excluding carboxylic acids is 2. The number of benzene rings is 4. The van der Waals surface area contributed by atoms with Crippen LogP contribution in [0.3, 0.4) is 0 Å². The van der Waals surface area contributed by atoms with Crippen molar-refractivity contribution in [3.63, 3.8) is 0 Å². The third kappa shape index (κ3) is 4.92. The number of anilines is 1. The number of fused-ring (bicyclic) bond motifs is 2. The van der Waals surface area contributed by atoms with Gasteiger partial charge in [0, 0.05) is 44.9 Å². The third-order valence-electron chi connectivity index (χ3n) is 7.76. The van der Waals surface area contributed by atoms with Gasteiger partial charge in [-0.15, -0.1) is 0 Å². The molecule has 0 aliphatic carbocycles. The van der Waals surface area contributed by atoms with Crippen LogP contribution < -0.4 is 15.4 Å². The standard InChI is InChI=1S/C31H23Cl3N2O5S/c1-42(39,40)22-9-7-21(8-10-22)41-27-12-6-19(33)14-23(27)29-31(24-11-5-20(34)15-26(24)35-30(31)38)25(16-28(37)36-29)17-3-2-4-18(32)13-17/h2-15,25,29H,16H2,1H3,(H,35,38)(H,36,37)/t25-,29+,31?/m0/s1. The lowest BCUT2D eigenvalue weighted by Crippen LogP contribution is -2.56.